The molecule has 0 spiro atoms. The molecule has 4 aliphatic carbocycles. The van der Waals surface area contributed by atoms with Crippen molar-refractivity contribution >= 4 is 28.9 Å². The Morgan fingerprint density at radius 3 is 2.46 bits per heavy atom. The lowest BCUT2D eigenvalue weighted by Gasteiger charge is -2.50. The summed E-state index contributed by atoms with van der Waals surface area (Å²) in [6, 6.07) is -0.0106. The zero-order chi connectivity index (χ0) is 28.4. The van der Waals surface area contributed by atoms with Crippen LogP contribution < -0.4 is 11.1 Å². The number of nitrogens with one attached hydrogen (secondary N) is 1. The number of nitrogens with two attached hydrogens (primary N) is 1. The molecule has 7 N–H and O–H groups in total. The number of hydrogen-bond donors (Lipinski definition) is 6. The number of nitrogens with zero attached hydrogens (tertiary/aromatic N) is 1. The molecule has 0 unspecified atom stereocenters. The van der Waals surface area contributed by atoms with E-state index in [4.69, 9.17) is 5.73 Å². The molecule has 4 aliphatic rings. The molecule has 0 saturated heterocycles. The Labute approximate surface area is 225 Å². The molecule has 4 atom stereocenters. The van der Waals surface area contributed by atoms with E-state index in [1.807, 2.05) is 0 Å². The van der Waals surface area contributed by atoms with E-state index in [1.165, 1.54) is 31.5 Å². The minimum atomic E-state index is -2.73. The Morgan fingerprint density at radius 1 is 1.18 bits per heavy atom. The van der Waals surface area contributed by atoms with Gasteiger partial charge in [0.25, 0.3) is 5.91 Å². The predicted octanol–water partition coefficient (Wildman–Crippen LogP) is 2.10. The number of ketones is 2. The van der Waals surface area contributed by atoms with E-state index < -0.39 is 69.6 Å². The average Bonchev–Trinajstić information content (AvgIpc) is 2.87. The smallest absolute Gasteiger partial charge is 0.255 e. The first-order valence-corrected chi connectivity index (χ1v) is 13.3. The molecule has 2 fully saturated rings. The number of likely N-dealkylation sites (N-methyl/N-ethyl adjacent to an activating group) is 1. The van der Waals surface area contributed by atoms with Crippen molar-refractivity contribution in [2.75, 3.05) is 26.0 Å². The number of aromatic hydroxyl groups is 1. The van der Waals surface area contributed by atoms with Gasteiger partial charge in [0.2, 0.25) is 5.78 Å². The highest BCUT2D eigenvalue weighted by Gasteiger charge is 2.64. The number of Topliss-reactive ketones (excluding diaryl/α,β-unsaturated/α-hetero) is 2. The lowest BCUT2D eigenvalue weighted by molar-refractivity contribution is -0.153. The summed E-state index contributed by atoms with van der Waals surface area (Å²) in [5.41, 5.74) is 1.27. The molecule has 0 aliphatic heterocycles. The van der Waals surface area contributed by atoms with Gasteiger partial charge < -0.3 is 31.5 Å². The third kappa shape index (κ3) is 4.01. The van der Waals surface area contributed by atoms with Gasteiger partial charge in [-0.1, -0.05) is 19.3 Å². The van der Waals surface area contributed by atoms with Crippen LogP contribution in [0.15, 0.2) is 23.0 Å². The van der Waals surface area contributed by atoms with Gasteiger partial charge in [0, 0.05) is 29.7 Å². The number of phenolic OH excluding ortho intramolecular Hbond substituents is 1. The second-order valence-corrected chi connectivity index (χ2v) is 11.5. The number of aliphatic hydroxyl groups is 3. The van der Waals surface area contributed by atoms with Crippen LogP contribution in [0.5, 0.6) is 5.75 Å². The van der Waals surface area contributed by atoms with Crippen molar-refractivity contribution in [1.29, 1.82) is 0 Å². The van der Waals surface area contributed by atoms with Gasteiger partial charge in [-0.25, -0.2) is 4.39 Å². The number of hydrogen-bond acceptors (Lipinski definition) is 9. The topological polar surface area (TPSA) is 173 Å². The van der Waals surface area contributed by atoms with Crippen LogP contribution in [0.4, 0.5) is 10.1 Å². The Bertz CT molecular complexity index is 1330. The molecule has 0 bridgehead atoms. The fourth-order valence-electron chi connectivity index (χ4n) is 7.05. The first-order chi connectivity index (χ1) is 18.4. The Hall–Kier alpha value is -3.44. The molecule has 210 valence electrons. The highest BCUT2D eigenvalue weighted by Crippen LogP contribution is 2.53. The molecule has 10 nitrogen and oxygen atoms in total. The number of aliphatic hydroxyl groups excluding tert-OH is 2. The Balaban J connectivity index is 1.60. The van der Waals surface area contributed by atoms with Crippen molar-refractivity contribution < 1.29 is 39.2 Å². The quantitative estimate of drug-likeness (QED) is 0.240. The number of rotatable bonds is 5. The van der Waals surface area contributed by atoms with Crippen LogP contribution in [0, 0.1) is 23.6 Å². The summed E-state index contributed by atoms with van der Waals surface area (Å²) in [6.45, 7) is 0.515. The molecule has 0 heterocycles. The number of benzene rings is 1. The molecule has 11 heteroatoms. The zero-order valence-corrected chi connectivity index (χ0v) is 22.0. The van der Waals surface area contributed by atoms with Crippen molar-refractivity contribution in [3.63, 3.8) is 0 Å². The Kier molecular flexibility index (Phi) is 6.70. The summed E-state index contributed by atoms with van der Waals surface area (Å²) in [5, 5.41) is 48.0. The average molecular weight is 544 g/mol. The normalized spacial score (nSPS) is 29.3. The summed E-state index contributed by atoms with van der Waals surface area (Å²) in [7, 11) is 3.04. The molecule has 0 radical (unpaired) electrons. The fourth-order valence-corrected chi connectivity index (χ4v) is 7.05. The number of carbonyl (C=O) groups is 3. The third-order valence-corrected chi connectivity index (χ3v) is 8.97. The highest BCUT2D eigenvalue weighted by molar-refractivity contribution is 6.24. The van der Waals surface area contributed by atoms with Gasteiger partial charge in [-0.3, -0.25) is 19.3 Å². The van der Waals surface area contributed by atoms with Crippen LogP contribution in [0.2, 0.25) is 0 Å². The van der Waals surface area contributed by atoms with Gasteiger partial charge in [-0.15, -0.1) is 0 Å². The van der Waals surface area contributed by atoms with E-state index >= 15 is 4.39 Å². The number of halogens is 1. The number of anilines is 1. The predicted molar refractivity (Wildman–Crippen MR) is 139 cm³/mol. The van der Waals surface area contributed by atoms with Crippen LogP contribution >= 0.6 is 0 Å². The van der Waals surface area contributed by atoms with Crippen LogP contribution in [0.3, 0.4) is 0 Å². The summed E-state index contributed by atoms with van der Waals surface area (Å²) >= 11 is 0. The molecule has 1 amide bonds. The summed E-state index contributed by atoms with van der Waals surface area (Å²) < 4.78 is 15.4. The number of phenols is 1. The summed E-state index contributed by atoms with van der Waals surface area (Å²) in [6.07, 6.45) is 5.26. The standard InChI is InChI=1S/C28H34FN3O7/c1-32(2)21-15-9-13-8-14-16(29)10-17(31-11-12-6-4-3-5-7-12)22(33)19(14)23(34)18(13)25(36)28(15,39)26(37)20(24(21)35)27(30)38/h10,12-13,15,21,31,33-34,37,39H,3-9,11H2,1-2H3,(H2,30,38)/t13-,15-,21-,28-/m0/s1. The second kappa shape index (κ2) is 9.63. The monoisotopic (exact) mass is 543 g/mol. The van der Waals surface area contributed by atoms with Gasteiger partial charge in [0.05, 0.1) is 17.3 Å². The molecule has 1 aromatic rings. The van der Waals surface area contributed by atoms with Gasteiger partial charge in [0.1, 0.15) is 28.7 Å². The van der Waals surface area contributed by atoms with Crippen LogP contribution in [-0.2, 0) is 20.8 Å². The van der Waals surface area contributed by atoms with Crippen molar-refractivity contribution in [3.8, 4) is 5.75 Å². The van der Waals surface area contributed by atoms with E-state index in [1.54, 1.807) is 0 Å². The van der Waals surface area contributed by atoms with Gasteiger partial charge in [0.15, 0.2) is 11.4 Å². The maximum atomic E-state index is 15.4. The fraction of sp³-hybridized carbons (Fsp3) is 0.536. The van der Waals surface area contributed by atoms with Crippen LogP contribution in [0.25, 0.3) is 5.76 Å². The molecule has 0 aromatic heterocycles. The van der Waals surface area contributed by atoms with E-state index in [2.05, 4.69) is 5.32 Å². The van der Waals surface area contributed by atoms with E-state index in [0.29, 0.717) is 12.5 Å². The zero-order valence-electron chi connectivity index (χ0n) is 22.0. The van der Waals surface area contributed by atoms with Crippen molar-refractivity contribution in [3.05, 3.63) is 39.9 Å². The van der Waals surface area contributed by atoms with Crippen molar-refractivity contribution in [1.82, 2.24) is 4.90 Å². The van der Waals surface area contributed by atoms with Crippen molar-refractivity contribution in [2.24, 2.45) is 23.5 Å². The first-order valence-electron chi connectivity index (χ1n) is 13.3. The van der Waals surface area contributed by atoms with Crippen LogP contribution in [0.1, 0.15) is 49.7 Å². The number of carbonyl (C=O) groups excluding carboxylic acids is 3. The molecule has 2 saturated carbocycles. The minimum Gasteiger partial charge on any atom is -0.508 e. The Morgan fingerprint density at radius 2 is 1.85 bits per heavy atom. The van der Waals surface area contributed by atoms with E-state index in [0.717, 1.165) is 25.7 Å². The summed E-state index contributed by atoms with van der Waals surface area (Å²) in [4.78, 5) is 40.5. The molecular weight excluding hydrogens is 509 g/mol. The van der Waals surface area contributed by atoms with Gasteiger partial charge >= 0.3 is 0 Å². The maximum absolute atomic E-state index is 15.4. The minimum absolute atomic E-state index is 0.0151. The van der Waals surface area contributed by atoms with Crippen molar-refractivity contribution in [2.45, 2.75) is 56.6 Å². The summed E-state index contributed by atoms with van der Waals surface area (Å²) in [5.74, 6) is -7.86. The molecular formula is C28H34FN3O7. The molecule has 39 heavy (non-hydrogen) atoms. The molecule has 1 aromatic carbocycles. The lowest BCUT2D eigenvalue weighted by atomic mass is 9.57. The maximum Gasteiger partial charge on any atom is 0.255 e. The van der Waals surface area contributed by atoms with Gasteiger partial charge in [-0.05, 0) is 51.6 Å². The van der Waals surface area contributed by atoms with Crippen LogP contribution in [-0.4, -0.2) is 75.1 Å². The first kappa shape index (κ1) is 27.1. The number of fused-ring (bicyclic) bond motifs is 3. The number of primary amides is 1. The highest BCUT2D eigenvalue weighted by atomic mass is 19.1. The largest absolute Gasteiger partial charge is 0.508 e. The number of amides is 1. The molecule has 5 rings (SSSR count). The third-order valence-electron chi connectivity index (χ3n) is 8.97. The SMILES string of the molecule is CN(C)[C@@H]1C(=O)C(C(N)=O)=C(O)[C@@]2(O)C(=O)C3=C(O)c4c(O)c(NCC5CCCCC5)cc(F)c4C[C@H]3C[C@@H]12. The lowest BCUT2D eigenvalue weighted by Crippen LogP contribution is -2.65. The van der Waals surface area contributed by atoms with E-state index in [9.17, 15) is 34.8 Å². The second-order valence-electron chi connectivity index (χ2n) is 11.5. The van der Waals surface area contributed by atoms with E-state index in [-0.39, 0.29) is 35.2 Å². The van der Waals surface area contributed by atoms with Gasteiger partial charge in [-0.2, -0.15) is 0 Å².